The topological polar surface area (TPSA) is 77.2 Å². The lowest BCUT2D eigenvalue weighted by molar-refractivity contribution is 0.0942. The number of halogens is 1. The molecule has 0 saturated heterocycles. The normalized spacial score (nSPS) is 12.0. The Labute approximate surface area is 141 Å². The molecule has 2 aromatic heterocycles. The van der Waals surface area contributed by atoms with Crippen LogP contribution in [0.1, 0.15) is 33.0 Å². The van der Waals surface area contributed by atoms with Crippen molar-refractivity contribution in [2.24, 2.45) is 0 Å². The van der Waals surface area contributed by atoms with Crippen LogP contribution in [0.2, 0.25) is 0 Å². The fourth-order valence-corrected chi connectivity index (χ4v) is 3.00. The maximum Gasteiger partial charge on any atom is 0.266 e. The lowest BCUT2D eigenvalue weighted by Crippen LogP contribution is -2.30. The predicted molar refractivity (Wildman–Crippen MR) is 85.6 cm³/mol. The van der Waals surface area contributed by atoms with Gasteiger partial charge in [-0.15, -0.1) is 11.3 Å². The van der Waals surface area contributed by atoms with Gasteiger partial charge in [0.05, 0.1) is 7.11 Å². The van der Waals surface area contributed by atoms with E-state index in [1.165, 1.54) is 24.5 Å². The first-order valence-electron chi connectivity index (χ1n) is 7.07. The number of hydrogen-bond donors (Lipinski definition) is 1. The molecule has 1 atom stereocenters. The maximum absolute atomic E-state index is 14.2. The molecule has 0 spiro atoms. The summed E-state index contributed by atoms with van der Waals surface area (Å²) in [6, 6.07) is 6.95. The minimum absolute atomic E-state index is 0.182. The summed E-state index contributed by atoms with van der Waals surface area (Å²) in [7, 11) is 1.48. The average molecular weight is 347 g/mol. The number of methoxy groups -OCH3 is 1. The van der Waals surface area contributed by atoms with E-state index >= 15 is 0 Å². The van der Waals surface area contributed by atoms with Crippen molar-refractivity contribution in [1.82, 2.24) is 15.5 Å². The van der Waals surface area contributed by atoms with Gasteiger partial charge in [-0.25, -0.2) is 4.39 Å². The number of nitrogens with one attached hydrogen (secondary N) is 1. The smallest absolute Gasteiger partial charge is 0.266 e. The summed E-state index contributed by atoms with van der Waals surface area (Å²) < 4.78 is 24.3. The molecule has 0 aliphatic heterocycles. The largest absolute Gasteiger partial charge is 0.495 e. The van der Waals surface area contributed by atoms with Crippen molar-refractivity contribution in [3.63, 3.8) is 0 Å². The van der Waals surface area contributed by atoms with Gasteiger partial charge in [0.15, 0.2) is 5.82 Å². The van der Waals surface area contributed by atoms with Crippen molar-refractivity contribution in [2.75, 3.05) is 7.11 Å². The van der Waals surface area contributed by atoms with Crippen LogP contribution in [0.4, 0.5) is 4.39 Å². The monoisotopic (exact) mass is 347 g/mol. The van der Waals surface area contributed by atoms with Gasteiger partial charge in [-0.2, -0.15) is 4.98 Å². The molecule has 6 nitrogen and oxygen atoms in total. The van der Waals surface area contributed by atoms with Crippen LogP contribution in [-0.4, -0.2) is 23.2 Å². The zero-order chi connectivity index (χ0) is 17.1. The lowest BCUT2D eigenvalue weighted by Gasteiger charge is -2.16. The van der Waals surface area contributed by atoms with E-state index in [0.717, 1.165) is 0 Å². The molecule has 3 aromatic rings. The number of thiophene rings is 1. The molecule has 1 N–H and O–H groups in total. The molecule has 0 bridgehead atoms. The summed E-state index contributed by atoms with van der Waals surface area (Å²) in [5, 5.41) is 8.30. The van der Waals surface area contributed by atoms with Crippen LogP contribution in [0.25, 0.3) is 0 Å². The Kier molecular flexibility index (Phi) is 4.57. The summed E-state index contributed by atoms with van der Waals surface area (Å²) in [5.41, 5.74) is 0.252. The van der Waals surface area contributed by atoms with Gasteiger partial charge < -0.3 is 14.6 Å². The number of ether oxygens (including phenoxy) is 1. The van der Waals surface area contributed by atoms with Crippen LogP contribution >= 0.6 is 11.3 Å². The summed E-state index contributed by atoms with van der Waals surface area (Å²) in [6.07, 6.45) is 0. The molecule has 0 unspecified atom stereocenters. The molecule has 8 heteroatoms. The highest BCUT2D eigenvalue weighted by molar-refractivity contribution is 7.12. The Bertz CT molecular complexity index is 862. The van der Waals surface area contributed by atoms with Crippen molar-refractivity contribution in [3.05, 3.63) is 63.7 Å². The van der Waals surface area contributed by atoms with Gasteiger partial charge in [0.2, 0.25) is 5.89 Å². The molecule has 0 aliphatic rings. The van der Waals surface area contributed by atoms with E-state index < -0.39 is 17.8 Å². The van der Waals surface area contributed by atoms with Crippen LogP contribution in [0, 0.1) is 12.7 Å². The molecule has 1 aromatic carbocycles. The minimum Gasteiger partial charge on any atom is -0.495 e. The third-order valence-corrected chi connectivity index (χ3v) is 4.24. The van der Waals surface area contributed by atoms with Crippen LogP contribution in [0.5, 0.6) is 5.75 Å². The first-order chi connectivity index (χ1) is 11.6. The second kappa shape index (κ2) is 6.79. The minimum atomic E-state index is -0.872. The van der Waals surface area contributed by atoms with E-state index in [1.807, 2.05) is 0 Å². The zero-order valence-corrected chi connectivity index (χ0v) is 13.8. The van der Waals surface area contributed by atoms with Gasteiger partial charge in [-0.3, -0.25) is 4.79 Å². The standard InChI is InChI=1S/C16H14FN3O3S/c1-9-18-15(20-23-9)13(10-5-3-4-6-11(10)17)19-16(21)14-12(22-2)7-8-24-14/h3-8,13H,1-2H3,(H,19,21)/t13-/m0/s1. The summed E-state index contributed by atoms with van der Waals surface area (Å²) in [5.74, 6) is 0.0887. The predicted octanol–water partition coefficient (Wildman–Crippen LogP) is 3.11. The summed E-state index contributed by atoms with van der Waals surface area (Å²) in [4.78, 5) is 17.1. The Hall–Kier alpha value is -2.74. The number of nitrogens with zero attached hydrogens (tertiary/aromatic N) is 2. The molecule has 0 fully saturated rings. The average Bonchev–Trinajstić information content (AvgIpc) is 3.22. The van der Waals surface area contributed by atoms with E-state index in [0.29, 0.717) is 16.5 Å². The number of rotatable bonds is 5. The third-order valence-electron chi connectivity index (χ3n) is 3.35. The van der Waals surface area contributed by atoms with Gasteiger partial charge in [0.25, 0.3) is 5.91 Å². The van der Waals surface area contributed by atoms with E-state index in [2.05, 4.69) is 15.5 Å². The van der Waals surface area contributed by atoms with E-state index in [-0.39, 0.29) is 11.4 Å². The van der Waals surface area contributed by atoms with E-state index in [1.54, 1.807) is 36.6 Å². The number of benzene rings is 1. The van der Waals surface area contributed by atoms with Crippen molar-refractivity contribution in [3.8, 4) is 5.75 Å². The highest BCUT2D eigenvalue weighted by Gasteiger charge is 2.26. The van der Waals surface area contributed by atoms with E-state index in [4.69, 9.17) is 9.26 Å². The molecule has 124 valence electrons. The quantitative estimate of drug-likeness (QED) is 0.767. The maximum atomic E-state index is 14.2. The summed E-state index contributed by atoms with van der Waals surface area (Å²) in [6.45, 7) is 1.62. The van der Waals surface area contributed by atoms with E-state index in [9.17, 15) is 9.18 Å². The van der Waals surface area contributed by atoms with Gasteiger partial charge in [0, 0.05) is 12.5 Å². The molecular weight excluding hydrogens is 333 g/mol. The molecule has 1 amide bonds. The van der Waals surface area contributed by atoms with Crippen molar-refractivity contribution in [1.29, 1.82) is 0 Å². The Morgan fingerprint density at radius 2 is 2.17 bits per heavy atom. The van der Waals surface area contributed by atoms with Gasteiger partial charge >= 0.3 is 0 Å². The molecule has 3 rings (SSSR count). The SMILES string of the molecule is COc1ccsc1C(=O)N[C@H](c1noc(C)n1)c1ccccc1F. The highest BCUT2D eigenvalue weighted by Crippen LogP contribution is 2.27. The number of carbonyl (C=O) groups is 1. The number of hydrogen-bond acceptors (Lipinski definition) is 6. The zero-order valence-electron chi connectivity index (χ0n) is 12.9. The summed E-state index contributed by atoms with van der Waals surface area (Å²) >= 11 is 1.23. The van der Waals surface area contributed by atoms with Gasteiger partial charge in [0.1, 0.15) is 22.5 Å². The van der Waals surface area contributed by atoms with Gasteiger partial charge in [-0.1, -0.05) is 23.4 Å². The molecule has 0 aliphatic carbocycles. The Morgan fingerprint density at radius 3 is 2.83 bits per heavy atom. The Balaban J connectivity index is 1.97. The fraction of sp³-hybridized carbons (Fsp3) is 0.188. The van der Waals surface area contributed by atoms with Crippen molar-refractivity contribution < 1.29 is 18.4 Å². The number of aromatic nitrogens is 2. The molecular formula is C16H14FN3O3S. The third kappa shape index (κ3) is 3.13. The number of aryl methyl sites for hydroxylation is 1. The number of amides is 1. The molecule has 0 radical (unpaired) electrons. The first kappa shape index (κ1) is 16.1. The van der Waals surface area contributed by atoms with Crippen molar-refractivity contribution in [2.45, 2.75) is 13.0 Å². The second-order valence-corrected chi connectivity index (χ2v) is 5.83. The second-order valence-electron chi connectivity index (χ2n) is 4.92. The van der Waals surface area contributed by atoms with Crippen LogP contribution in [-0.2, 0) is 0 Å². The van der Waals surface area contributed by atoms with Crippen LogP contribution < -0.4 is 10.1 Å². The number of carbonyl (C=O) groups excluding carboxylic acids is 1. The van der Waals surface area contributed by atoms with Crippen LogP contribution in [0.15, 0.2) is 40.2 Å². The molecule has 0 saturated carbocycles. The Morgan fingerprint density at radius 1 is 1.38 bits per heavy atom. The van der Waals surface area contributed by atoms with Crippen LogP contribution in [0.3, 0.4) is 0 Å². The first-order valence-corrected chi connectivity index (χ1v) is 7.95. The van der Waals surface area contributed by atoms with Gasteiger partial charge in [-0.05, 0) is 17.5 Å². The molecule has 24 heavy (non-hydrogen) atoms. The fourth-order valence-electron chi connectivity index (χ4n) is 2.24. The highest BCUT2D eigenvalue weighted by atomic mass is 32.1. The van der Waals surface area contributed by atoms with Crippen molar-refractivity contribution >= 4 is 17.2 Å². The lowest BCUT2D eigenvalue weighted by atomic mass is 10.1. The molecule has 2 heterocycles.